The summed E-state index contributed by atoms with van der Waals surface area (Å²) in [5, 5.41) is 0. The Morgan fingerprint density at radius 3 is 1.43 bits per heavy atom. The highest BCUT2D eigenvalue weighted by atomic mass is 16.5. The van der Waals surface area contributed by atoms with Crippen molar-refractivity contribution in [3.05, 3.63) is 130 Å². The van der Waals surface area contributed by atoms with Gasteiger partial charge in [-0.1, -0.05) is 243 Å². The maximum atomic E-state index is 12.8. The molecule has 334 valence electrons. The van der Waals surface area contributed by atoms with E-state index in [0.717, 1.165) is 25.7 Å². The van der Waals surface area contributed by atoms with Crippen LogP contribution in [0.1, 0.15) is 211 Å². The van der Waals surface area contributed by atoms with E-state index < -0.39 is 0 Å². The van der Waals surface area contributed by atoms with Gasteiger partial charge in [0.15, 0.2) is 0 Å². The molecule has 0 aromatic heterocycles. The first-order valence-corrected chi connectivity index (χ1v) is 24.3. The third kappa shape index (κ3) is 23.0. The topological polar surface area (TPSA) is 26.3 Å². The fraction of sp³-hybridized carbons (Fsp3) is 0.603. The molecule has 60 heavy (non-hydrogen) atoms. The molecule has 2 nitrogen and oxygen atoms in total. The summed E-state index contributed by atoms with van der Waals surface area (Å²) in [4.78, 5) is 12.8. The van der Waals surface area contributed by atoms with Crippen LogP contribution in [-0.2, 0) is 9.53 Å². The molecule has 0 heterocycles. The van der Waals surface area contributed by atoms with Crippen LogP contribution >= 0.6 is 0 Å². The molecule has 0 aromatic carbocycles. The van der Waals surface area contributed by atoms with Crippen LogP contribution in [0.3, 0.4) is 0 Å². The number of unbranched alkanes of at least 4 members (excludes halogenated alkanes) is 14. The van der Waals surface area contributed by atoms with Crippen LogP contribution in [0.25, 0.3) is 0 Å². The quantitative estimate of drug-likeness (QED) is 0.0469. The van der Waals surface area contributed by atoms with Crippen LogP contribution in [0, 0.1) is 10.8 Å². The van der Waals surface area contributed by atoms with E-state index in [1.807, 2.05) is 0 Å². The van der Waals surface area contributed by atoms with E-state index >= 15 is 0 Å². The molecule has 2 rings (SSSR count). The first-order chi connectivity index (χ1) is 28.6. The number of esters is 1. The Bertz CT molecular complexity index is 1630. The maximum absolute atomic E-state index is 12.8. The van der Waals surface area contributed by atoms with Crippen LogP contribution in [0.15, 0.2) is 130 Å². The van der Waals surface area contributed by atoms with E-state index in [0.29, 0.717) is 6.42 Å². The average Bonchev–Trinajstić information content (AvgIpc) is 3.17. The molecule has 0 radical (unpaired) electrons. The Morgan fingerprint density at radius 1 is 0.567 bits per heavy atom. The summed E-state index contributed by atoms with van der Waals surface area (Å²) >= 11 is 0. The fourth-order valence-corrected chi connectivity index (χ4v) is 8.90. The molecule has 0 aliphatic heterocycles. The minimum absolute atomic E-state index is 0.0177. The van der Waals surface area contributed by atoms with E-state index in [4.69, 9.17) is 4.74 Å². The number of hydrogen-bond donors (Lipinski definition) is 0. The maximum Gasteiger partial charge on any atom is 0.306 e. The van der Waals surface area contributed by atoms with E-state index in [1.54, 1.807) is 5.57 Å². The molecule has 0 saturated carbocycles. The smallest absolute Gasteiger partial charge is 0.306 e. The summed E-state index contributed by atoms with van der Waals surface area (Å²) in [6, 6.07) is 0. The Morgan fingerprint density at radius 2 is 0.983 bits per heavy atom. The van der Waals surface area contributed by atoms with Crippen molar-refractivity contribution >= 4 is 5.97 Å². The van der Waals surface area contributed by atoms with Crippen molar-refractivity contribution in [3.8, 4) is 0 Å². The molecule has 0 unspecified atom stereocenters. The molecule has 2 aliphatic carbocycles. The van der Waals surface area contributed by atoms with Gasteiger partial charge in [0, 0.05) is 12.8 Å². The van der Waals surface area contributed by atoms with Gasteiger partial charge in [-0.05, 0) is 95.6 Å². The van der Waals surface area contributed by atoms with Gasteiger partial charge < -0.3 is 4.74 Å². The molecule has 0 N–H and O–H groups in total. The lowest BCUT2D eigenvalue weighted by Crippen LogP contribution is -2.31. The monoisotopic (exact) mass is 819 g/mol. The molecule has 0 saturated heterocycles. The number of carbonyl (C=O) groups is 1. The highest BCUT2D eigenvalue weighted by molar-refractivity contribution is 5.69. The standard InChI is InChI=1S/C58H90O2/c1-12-13-14-15-16-17-18-19-20-21-22-23-24-25-26-39-56(59)60-53-45-52(7)55(58(10,11)46-53)43-41-50(5)37-30-35-48(3)33-28-27-32-47(2)34-29-36-49(4)40-42-54-51(6)38-31-44-57(54,8)9/h27-30,32-37,40-43,53H,12-26,31,38-39,44-46H2,1-11H3/b28-27+,34-29+,35-30+,42-40+,43-41+,47-32+,48-33+,49-36+,50-37+/t53-/m1/s1. The van der Waals surface area contributed by atoms with E-state index in [1.165, 1.54) is 142 Å². The van der Waals surface area contributed by atoms with E-state index in [-0.39, 0.29) is 22.9 Å². The largest absolute Gasteiger partial charge is 0.462 e. The fourth-order valence-electron chi connectivity index (χ4n) is 8.90. The SMILES string of the molecule is CCCCCCCCCCCCCCCCCC(=O)O[C@@H]1CC(C)=C(/C=C/C(C)=C/C=C/C(C)=C/C=C/C=C(C)/C=C/C=C(C)/C=C/C2=C(C)CCCC2(C)C)C(C)(C)C1. The second kappa shape index (κ2) is 29.8. The second-order valence-electron chi connectivity index (χ2n) is 19.6. The third-order valence-corrected chi connectivity index (χ3v) is 12.6. The molecule has 0 spiro atoms. The van der Waals surface area contributed by atoms with Crippen molar-refractivity contribution in [2.24, 2.45) is 10.8 Å². The van der Waals surface area contributed by atoms with Gasteiger partial charge in [-0.3, -0.25) is 4.79 Å². The molecule has 2 aliphatic rings. The zero-order valence-corrected chi connectivity index (χ0v) is 40.8. The van der Waals surface area contributed by atoms with Crippen LogP contribution in [0.5, 0.6) is 0 Å². The zero-order chi connectivity index (χ0) is 44.2. The minimum Gasteiger partial charge on any atom is -0.462 e. The third-order valence-electron chi connectivity index (χ3n) is 12.6. The summed E-state index contributed by atoms with van der Waals surface area (Å²) in [5.41, 5.74) is 10.9. The Kier molecular flexibility index (Phi) is 26.2. The lowest BCUT2D eigenvalue weighted by molar-refractivity contribution is -0.150. The van der Waals surface area contributed by atoms with Crippen molar-refractivity contribution in [2.45, 2.75) is 217 Å². The predicted molar refractivity (Wildman–Crippen MR) is 266 cm³/mol. The minimum atomic E-state index is -0.0426. The lowest BCUT2D eigenvalue weighted by atomic mass is 9.71. The summed E-state index contributed by atoms with van der Waals surface area (Å²) in [5.74, 6) is -0.0177. The van der Waals surface area contributed by atoms with Crippen molar-refractivity contribution in [1.29, 1.82) is 0 Å². The number of hydrogen-bond acceptors (Lipinski definition) is 2. The Balaban J connectivity index is 1.72. The van der Waals surface area contributed by atoms with Crippen molar-refractivity contribution < 1.29 is 9.53 Å². The molecule has 0 fully saturated rings. The van der Waals surface area contributed by atoms with Gasteiger partial charge in [0.25, 0.3) is 0 Å². The molecule has 0 amide bonds. The number of rotatable bonds is 27. The van der Waals surface area contributed by atoms with Gasteiger partial charge in [-0.2, -0.15) is 0 Å². The van der Waals surface area contributed by atoms with Crippen molar-refractivity contribution in [3.63, 3.8) is 0 Å². The van der Waals surface area contributed by atoms with Gasteiger partial charge in [0.1, 0.15) is 6.10 Å². The van der Waals surface area contributed by atoms with Crippen LogP contribution < -0.4 is 0 Å². The van der Waals surface area contributed by atoms with Gasteiger partial charge in [0.2, 0.25) is 0 Å². The molecule has 2 heteroatoms. The first-order valence-electron chi connectivity index (χ1n) is 24.3. The number of ether oxygens (including phenoxy) is 1. The summed E-state index contributed by atoms with van der Waals surface area (Å²) < 4.78 is 6.03. The molecular formula is C58H90O2. The molecule has 1 atom stereocenters. The van der Waals surface area contributed by atoms with E-state index in [2.05, 4.69) is 161 Å². The zero-order valence-electron chi connectivity index (χ0n) is 40.8. The highest BCUT2D eigenvalue weighted by Crippen LogP contribution is 2.43. The predicted octanol–water partition coefficient (Wildman–Crippen LogP) is 18.4. The van der Waals surface area contributed by atoms with Gasteiger partial charge in [0.05, 0.1) is 0 Å². The number of carbonyl (C=O) groups excluding carboxylic acids is 1. The first kappa shape index (κ1) is 52.7. The van der Waals surface area contributed by atoms with E-state index in [9.17, 15) is 4.79 Å². The summed E-state index contributed by atoms with van der Waals surface area (Å²) in [6.07, 6.45) is 56.5. The van der Waals surface area contributed by atoms with Gasteiger partial charge >= 0.3 is 5.97 Å². The number of allylic oxidation sites excluding steroid dienone is 21. The normalized spacial score (nSPS) is 19.8. The average molecular weight is 819 g/mol. The molecule has 0 bridgehead atoms. The highest BCUT2D eigenvalue weighted by Gasteiger charge is 2.34. The van der Waals surface area contributed by atoms with Crippen LogP contribution in [0.4, 0.5) is 0 Å². The van der Waals surface area contributed by atoms with Crippen LogP contribution in [0.2, 0.25) is 0 Å². The second-order valence-corrected chi connectivity index (χ2v) is 19.6. The Hall–Kier alpha value is -3.39. The molecule has 0 aromatic rings. The van der Waals surface area contributed by atoms with Crippen molar-refractivity contribution in [1.82, 2.24) is 0 Å². The van der Waals surface area contributed by atoms with Crippen molar-refractivity contribution in [2.75, 3.05) is 0 Å². The van der Waals surface area contributed by atoms with Crippen LogP contribution in [-0.4, -0.2) is 12.1 Å². The van der Waals surface area contributed by atoms with Gasteiger partial charge in [-0.25, -0.2) is 0 Å². The van der Waals surface area contributed by atoms with Gasteiger partial charge in [-0.15, -0.1) is 0 Å². The summed E-state index contributed by atoms with van der Waals surface area (Å²) in [6.45, 7) is 24.7. The lowest BCUT2D eigenvalue weighted by Gasteiger charge is -2.37. The molecular weight excluding hydrogens is 729 g/mol. The summed E-state index contributed by atoms with van der Waals surface area (Å²) in [7, 11) is 0. The Labute approximate surface area is 371 Å².